The predicted octanol–water partition coefficient (Wildman–Crippen LogP) is 2.89. The number of hydrogen-bond donors (Lipinski definition) is 1. The highest BCUT2D eigenvalue weighted by Gasteiger charge is 2.29. The fourth-order valence-corrected chi connectivity index (χ4v) is 2.43. The molecule has 0 aliphatic rings. The second-order valence-electron chi connectivity index (χ2n) is 3.70. The summed E-state index contributed by atoms with van der Waals surface area (Å²) in [6, 6.07) is 5.03. The van der Waals surface area contributed by atoms with Gasteiger partial charge in [-0.15, -0.1) is 0 Å². The van der Waals surface area contributed by atoms with Crippen molar-refractivity contribution < 1.29 is 4.39 Å². The van der Waals surface area contributed by atoms with Crippen LogP contribution < -0.4 is 5.73 Å². The molecule has 0 aromatic carbocycles. The van der Waals surface area contributed by atoms with Gasteiger partial charge in [0.25, 0.3) is 0 Å². The number of rotatable bonds is 3. The molecule has 1 unspecified atom stereocenters. The highest BCUT2D eigenvalue weighted by atomic mass is 32.1. The molecule has 2 N–H and O–H groups in total. The number of aromatic nitrogens is 1. The zero-order valence-corrected chi connectivity index (χ0v) is 9.80. The highest BCUT2D eigenvalue weighted by molar-refractivity contribution is 7.08. The Bertz CT molecular complexity index is 452. The fourth-order valence-electron chi connectivity index (χ4n) is 1.69. The molecule has 0 amide bonds. The number of nitrogens with two attached hydrogens (primary N) is 1. The Hall–Kier alpha value is -1.26. The lowest BCUT2D eigenvalue weighted by molar-refractivity contribution is 0.500. The topological polar surface area (TPSA) is 38.9 Å². The molecule has 0 aliphatic heterocycles. The first-order valence-electron chi connectivity index (χ1n) is 5.10. The largest absolute Gasteiger partial charge is 0.316 e. The first-order valence-corrected chi connectivity index (χ1v) is 6.04. The molecule has 0 bridgehead atoms. The third kappa shape index (κ3) is 1.86. The van der Waals surface area contributed by atoms with Crippen molar-refractivity contribution in [1.29, 1.82) is 0 Å². The summed E-state index contributed by atoms with van der Waals surface area (Å²) in [6.45, 7) is 2.00. The molecule has 0 saturated carbocycles. The Morgan fingerprint density at radius 2 is 2.25 bits per heavy atom. The molecule has 2 aromatic heterocycles. The Labute approximate surface area is 97.9 Å². The quantitative estimate of drug-likeness (QED) is 0.890. The maximum atomic E-state index is 12.8. The summed E-state index contributed by atoms with van der Waals surface area (Å²) >= 11 is 1.60. The van der Waals surface area contributed by atoms with E-state index in [1.165, 1.54) is 12.3 Å². The smallest absolute Gasteiger partial charge is 0.141 e. The third-order valence-corrected chi connectivity index (χ3v) is 3.46. The molecule has 2 aromatic rings. The summed E-state index contributed by atoms with van der Waals surface area (Å²) in [5.41, 5.74) is 7.47. The lowest BCUT2D eigenvalue weighted by Crippen LogP contribution is -2.37. The van der Waals surface area contributed by atoms with Crippen LogP contribution in [0.5, 0.6) is 0 Å². The van der Waals surface area contributed by atoms with Gasteiger partial charge in [0.1, 0.15) is 5.82 Å². The minimum Gasteiger partial charge on any atom is -0.316 e. The van der Waals surface area contributed by atoms with Crippen molar-refractivity contribution >= 4 is 11.3 Å². The number of hydrogen-bond acceptors (Lipinski definition) is 3. The van der Waals surface area contributed by atoms with Crippen LogP contribution in [-0.4, -0.2) is 4.98 Å². The van der Waals surface area contributed by atoms with Crippen LogP contribution in [0.4, 0.5) is 4.39 Å². The molecule has 2 heterocycles. The molecular weight excluding hydrogens is 223 g/mol. The van der Waals surface area contributed by atoms with Crippen molar-refractivity contribution in [3.8, 4) is 0 Å². The number of thiophene rings is 1. The van der Waals surface area contributed by atoms with Crippen LogP contribution in [0.1, 0.15) is 24.6 Å². The lowest BCUT2D eigenvalue weighted by atomic mass is 9.86. The van der Waals surface area contributed by atoms with Crippen molar-refractivity contribution in [2.24, 2.45) is 5.73 Å². The molecule has 16 heavy (non-hydrogen) atoms. The number of nitrogens with zero attached hydrogens (tertiary/aromatic N) is 1. The molecule has 2 rings (SSSR count). The van der Waals surface area contributed by atoms with Crippen LogP contribution in [0.3, 0.4) is 0 Å². The fraction of sp³-hybridized carbons (Fsp3) is 0.250. The zero-order valence-electron chi connectivity index (χ0n) is 8.98. The Morgan fingerprint density at radius 3 is 2.75 bits per heavy atom. The summed E-state index contributed by atoms with van der Waals surface area (Å²) in [4.78, 5) is 4.08. The van der Waals surface area contributed by atoms with E-state index in [-0.39, 0.29) is 5.82 Å². The molecule has 0 radical (unpaired) electrons. The molecule has 2 nitrogen and oxygen atoms in total. The second kappa shape index (κ2) is 4.31. The molecular formula is C12H13FN2S. The van der Waals surface area contributed by atoms with E-state index in [1.54, 1.807) is 17.4 Å². The van der Waals surface area contributed by atoms with Gasteiger partial charge in [0, 0.05) is 0 Å². The van der Waals surface area contributed by atoms with Crippen molar-refractivity contribution in [2.45, 2.75) is 18.9 Å². The summed E-state index contributed by atoms with van der Waals surface area (Å²) < 4.78 is 12.8. The Balaban J connectivity index is 2.46. The van der Waals surface area contributed by atoms with Gasteiger partial charge in [-0.1, -0.05) is 6.92 Å². The van der Waals surface area contributed by atoms with Gasteiger partial charge in [-0.2, -0.15) is 11.3 Å². The first-order chi connectivity index (χ1) is 7.66. The predicted molar refractivity (Wildman–Crippen MR) is 63.8 cm³/mol. The monoisotopic (exact) mass is 236 g/mol. The number of halogens is 1. The van der Waals surface area contributed by atoms with Crippen molar-refractivity contribution in [3.05, 3.63) is 52.2 Å². The van der Waals surface area contributed by atoms with Crippen LogP contribution >= 0.6 is 11.3 Å². The van der Waals surface area contributed by atoms with Gasteiger partial charge in [0.05, 0.1) is 17.4 Å². The zero-order chi connectivity index (χ0) is 11.6. The summed E-state index contributed by atoms with van der Waals surface area (Å²) in [6.07, 6.45) is 1.93. The molecule has 0 spiro atoms. The first kappa shape index (κ1) is 11.2. The van der Waals surface area contributed by atoms with Gasteiger partial charge in [0.2, 0.25) is 0 Å². The van der Waals surface area contributed by atoms with E-state index >= 15 is 0 Å². The van der Waals surface area contributed by atoms with Crippen molar-refractivity contribution in [3.63, 3.8) is 0 Å². The summed E-state index contributed by atoms with van der Waals surface area (Å²) in [5.74, 6) is -0.340. The van der Waals surface area contributed by atoms with Crippen LogP contribution in [0.2, 0.25) is 0 Å². The number of pyridine rings is 1. The van der Waals surface area contributed by atoms with E-state index in [4.69, 9.17) is 5.73 Å². The second-order valence-corrected chi connectivity index (χ2v) is 4.48. The van der Waals surface area contributed by atoms with Gasteiger partial charge in [-0.3, -0.25) is 4.98 Å². The van der Waals surface area contributed by atoms with Gasteiger partial charge in [-0.05, 0) is 40.9 Å². The normalized spacial score (nSPS) is 14.7. The highest BCUT2D eigenvalue weighted by Crippen LogP contribution is 2.30. The third-order valence-electron chi connectivity index (χ3n) is 2.78. The van der Waals surface area contributed by atoms with Crippen molar-refractivity contribution in [2.75, 3.05) is 0 Å². The molecule has 0 aliphatic carbocycles. The molecule has 0 saturated heterocycles. The maximum absolute atomic E-state index is 12.8. The van der Waals surface area contributed by atoms with Gasteiger partial charge in [0.15, 0.2) is 0 Å². The van der Waals surface area contributed by atoms with Crippen LogP contribution in [0.15, 0.2) is 35.2 Å². The maximum Gasteiger partial charge on any atom is 0.141 e. The van der Waals surface area contributed by atoms with Gasteiger partial charge >= 0.3 is 0 Å². The lowest BCUT2D eigenvalue weighted by Gasteiger charge is -2.26. The molecule has 4 heteroatoms. The average Bonchev–Trinajstić information content (AvgIpc) is 2.83. The summed E-state index contributed by atoms with van der Waals surface area (Å²) in [7, 11) is 0. The van der Waals surface area contributed by atoms with E-state index < -0.39 is 5.54 Å². The van der Waals surface area contributed by atoms with Crippen LogP contribution in [0, 0.1) is 5.82 Å². The van der Waals surface area contributed by atoms with E-state index in [0.29, 0.717) is 5.69 Å². The minimum atomic E-state index is -0.617. The van der Waals surface area contributed by atoms with E-state index in [2.05, 4.69) is 4.98 Å². The Morgan fingerprint density at radius 1 is 1.44 bits per heavy atom. The van der Waals surface area contributed by atoms with Crippen molar-refractivity contribution in [1.82, 2.24) is 4.98 Å². The van der Waals surface area contributed by atoms with E-state index in [9.17, 15) is 4.39 Å². The van der Waals surface area contributed by atoms with Crippen LogP contribution in [-0.2, 0) is 5.54 Å². The van der Waals surface area contributed by atoms with Gasteiger partial charge < -0.3 is 5.73 Å². The standard InChI is InChI=1S/C12H13FN2S/c1-2-12(14,9-5-6-16-8-9)11-4-3-10(13)7-15-11/h3-8H,2,14H2,1H3. The van der Waals surface area contributed by atoms with E-state index in [1.807, 2.05) is 23.8 Å². The molecule has 84 valence electrons. The molecule has 0 fully saturated rings. The van der Waals surface area contributed by atoms with E-state index in [0.717, 1.165) is 12.0 Å². The SMILES string of the molecule is CCC(N)(c1ccsc1)c1ccc(F)cn1. The average molecular weight is 236 g/mol. The Kier molecular flexibility index (Phi) is 3.03. The van der Waals surface area contributed by atoms with Gasteiger partial charge in [-0.25, -0.2) is 4.39 Å². The summed E-state index contributed by atoms with van der Waals surface area (Å²) in [5, 5.41) is 3.99. The van der Waals surface area contributed by atoms with Crippen LogP contribution in [0.25, 0.3) is 0 Å². The molecule has 1 atom stereocenters. The minimum absolute atomic E-state index is 0.340.